The number of hydrogen-bond donors (Lipinski definition) is 1. The molecular formula is C21H17F4N5O7. The number of nitrogen functional groups attached to an aromatic ring is 1. The zero-order chi connectivity index (χ0) is 27.9. The van der Waals surface area contributed by atoms with E-state index in [0.717, 1.165) is 0 Å². The van der Waals surface area contributed by atoms with Gasteiger partial charge in [-0.05, 0) is 32.9 Å². The predicted molar refractivity (Wildman–Crippen MR) is 118 cm³/mol. The van der Waals surface area contributed by atoms with Crippen molar-refractivity contribution in [1.82, 2.24) is 14.2 Å². The van der Waals surface area contributed by atoms with Gasteiger partial charge in [0.25, 0.3) is 11.4 Å². The lowest BCUT2D eigenvalue weighted by molar-refractivity contribution is -0.385. The molecule has 3 aromatic rings. The van der Waals surface area contributed by atoms with E-state index in [-0.39, 0.29) is 22.3 Å². The van der Waals surface area contributed by atoms with E-state index in [9.17, 15) is 42.1 Å². The number of carbonyl (C=O) groups excluding carboxylic acids is 1. The lowest BCUT2D eigenvalue weighted by Crippen LogP contribution is -2.45. The maximum Gasteiger partial charge on any atom is 0.433 e. The summed E-state index contributed by atoms with van der Waals surface area (Å²) >= 11 is 0. The summed E-state index contributed by atoms with van der Waals surface area (Å²) in [4.78, 5) is 51.1. The van der Waals surface area contributed by atoms with Crippen LogP contribution < -0.4 is 26.6 Å². The van der Waals surface area contributed by atoms with Crippen LogP contribution in [0, 0.1) is 15.9 Å². The van der Waals surface area contributed by atoms with Crippen molar-refractivity contribution < 1.29 is 36.8 Å². The van der Waals surface area contributed by atoms with Gasteiger partial charge in [0.15, 0.2) is 28.6 Å². The first-order chi connectivity index (χ1) is 17.0. The average molecular weight is 527 g/mol. The maximum absolute atomic E-state index is 14.8. The molecule has 3 rings (SSSR count). The van der Waals surface area contributed by atoms with Crippen LogP contribution in [0.4, 0.5) is 23.2 Å². The monoisotopic (exact) mass is 527 g/mol. The molecule has 2 aromatic heterocycles. The van der Waals surface area contributed by atoms with Gasteiger partial charge in [0.05, 0.1) is 16.7 Å². The van der Waals surface area contributed by atoms with Crippen molar-refractivity contribution in [2.45, 2.75) is 32.5 Å². The fourth-order valence-electron chi connectivity index (χ4n) is 2.89. The van der Waals surface area contributed by atoms with Crippen LogP contribution in [0.5, 0.6) is 17.4 Å². The second-order valence-electron chi connectivity index (χ2n) is 7.96. The number of carbonyl (C=O) groups is 1. The lowest BCUT2D eigenvalue weighted by atomic mass is 10.1. The van der Waals surface area contributed by atoms with Crippen LogP contribution in [0.3, 0.4) is 0 Å². The Labute approximate surface area is 203 Å². The number of aromatic nitrogens is 3. The van der Waals surface area contributed by atoms with Gasteiger partial charge in [0, 0.05) is 18.3 Å². The Bertz CT molecular complexity index is 1530. The molecule has 0 spiro atoms. The molecule has 16 heteroatoms. The van der Waals surface area contributed by atoms with E-state index in [0.29, 0.717) is 12.1 Å². The molecular weight excluding hydrogens is 510 g/mol. The number of nitrogens with two attached hydrogens (primary N) is 1. The fraction of sp³-hybridized carbons (Fsp3) is 0.238. The molecule has 0 amide bonds. The number of nitrogens with zero attached hydrogens (tertiary/aromatic N) is 4. The molecule has 0 saturated heterocycles. The molecule has 0 aliphatic rings. The molecule has 0 fully saturated rings. The first-order valence-electron chi connectivity index (χ1n) is 10.1. The van der Waals surface area contributed by atoms with Crippen LogP contribution in [-0.2, 0) is 11.0 Å². The van der Waals surface area contributed by atoms with Crippen LogP contribution >= 0.6 is 0 Å². The Kier molecular flexibility index (Phi) is 6.79. The van der Waals surface area contributed by atoms with E-state index in [1.165, 1.54) is 39.1 Å². The van der Waals surface area contributed by atoms with Crippen molar-refractivity contribution in [3.8, 4) is 23.1 Å². The molecule has 0 atom stereocenters. The minimum atomic E-state index is -5.18. The van der Waals surface area contributed by atoms with Crippen LogP contribution in [0.1, 0.15) is 26.5 Å². The van der Waals surface area contributed by atoms with E-state index in [2.05, 4.69) is 4.98 Å². The van der Waals surface area contributed by atoms with E-state index >= 15 is 0 Å². The van der Waals surface area contributed by atoms with Gasteiger partial charge in [-0.1, -0.05) is 0 Å². The van der Waals surface area contributed by atoms with Crippen LogP contribution in [-0.4, -0.2) is 30.5 Å². The van der Waals surface area contributed by atoms with E-state index in [1.807, 2.05) is 0 Å². The quantitative estimate of drug-likeness (QED) is 0.211. The molecule has 0 radical (unpaired) electrons. The van der Waals surface area contributed by atoms with Gasteiger partial charge in [-0.2, -0.15) is 13.2 Å². The molecule has 2 heterocycles. The third-order valence-electron chi connectivity index (χ3n) is 5.05. The first-order valence-corrected chi connectivity index (χ1v) is 10.1. The molecule has 37 heavy (non-hydrogen) atoms. The summed E-state index contributed by atoms with van der Waals surface area (Å²) < 4.78 is 64.6. The molecule has 0 aliphatic carbocycles. The molecule has 0 bridgehead atoms. The number of Topliss-reactive ketones (excluding diaryl/α,β-unsaturated/α-hetero) is 1. The number of pyridine rings is 1. The number of nitro benzene ring substituents is 1. The van der Waals surface area contributed by atoms with E-state index in [4.69, 9.17) is 15.3 Å². The number of alkyl halides is 3. The molecule has 1 aromatic carbocycles. The summed E-state index contributed by atoms with van der Waals surface area (Å²) in [6.45, 7) is 4.08. The van der Waals surface area contributed by atoms with E-state index < -0.39 is 67.0 Å². The predicted octanol–water partition coefficient (Wildman–Crippen LogP) is 2.71. The molecule has 0 aliphatic heterocycles. The van der Waals surface area contributed by atoms with Crippen molar-refractivity contribution in [2.24, 2.45) is 0 Å². The second kappa shape index (κ2) is 9.36. The largest absolute Gasteiger partial charge is 0.461 e. The van der Waals surface area contributed by atoms with Crippen molar-refractivity contribution >= 4 is 11.5 Å². The molecule has 0 saturated carbocycles. The Balaban J connectivity index is 2.22. The number of rotatable bonds is 7. The zero-order valence-electron chi connectivity index (χ0n) is 19.2. The molecule has 196 valence electrons. The Morgan fingerprint density at radius 2 is 1.81 bits per heavy atom. The van der Waals surface area contributed by atoms with E-state index in [1.54, 1.807) is 0 Å². The number of nitro groups is 1. The average Bonchev–Trinajstić information content (AvgIpc) is 2.78. The SMILES string of the molecule is CC(=O)C(C)(C)Oc1ncccc1Oc1cc(-n2c(=O)cc(C(F)(F)F)n(N)c2=O)c(F)cc1[N+](=O)[O-]. The van der Waals surface area contributed by atoms with Crippen LogP contribution in [0.25, 0.3) is 5.69 Å². The normalized spacial score (nSPS) is 11.8. The first kappa shape index (κ1) is 26.8. The number of benzene rings is 1. The minimum absolute atomic E-state index is 0.0420. The van der Waals surface area contributed by atoms with Crippen molar-refractivity contribution in [3.05, 3.63) is 79.0 Å². The van der Waals surface area contributed by atoms with Crippen LogP contribution in [0.2, 0.25) is 0 Å². The summed E-state index contributed by atoms with van der Waals surface area (Å²) in [5.41, 5.74) is -8.57. The summed E-state index contributed by atoms with van der Waals surface area (Å²) in [6.07, 6.45) is -3.92. The maximum atomic E-state index is 14.8. The molecule has 2 N–H and O–H groups in total. The fourth-order valence-corrected chi connectivity index (χ4v) is 2.89. The Morgan fingerprint density at radius 3 is 2.38 bits per heavy atom. The second-order valence-corrected chi connectivity index (χ2v) is 7.96. The van der Waals surface area contributed by atoms with Crippen molar-refractivity contribution in [2.75, 3.05) is 5.84 Å². The number of hydrogen-bond acceptors (Lipinski definition) is 9. The highest BCUT2D eigenvalue weighted by molar-refractivity contribution is 5.84. The third kappa shape index (κ3) is 5.26. The summed E-state index contributed by atoms with van der Waals surface area (Å²) in [5.74, 6) is 1.94. The third-order valence-corrected chi connectivity index (χ3v) is 5.05. The highest BCUT2D eigenvalue weighted by Gasteiger charge is 2.36. The Morgan fingerprint density at radius 1 is 1.16 bits per heavy atom. The standard InChI is InChI=1S/C21H17F4N5O7/c1-10(31)20(2,3)37-18-14(5-4-6-27-18)36-15-8-12(11(22)7-13(15)30(34)35)28-17(32)9-16(21(23,24)25)29(26)19(28)33/h4-9H,26H2,1-3H3. The van der Waals surface area contributed by atoms with Gasteiger partial charge in [0.2, 0.25) is 5.75 Å². The number of ether oxygens (including phenoxy) is 2. The van der Waals surface area contributed by atoms with Crippen molar-refractivity contribution in [3.63, 3.8) is 0 Å². The lowest BCUT2D eigenvalue weighted by Gasteiger charge is -2.23. The van der Waals surface area contributed by atoms with Gasteiger partial charge in [0.1, 0.15) is 0 Å². The van der Waals surface area contributed by atoms with Gasteiger partial charge in [-0.25, -0.2) is 23.4 Å². The Hall–Kier alpha value is -4.76. The number of halogens is 4. The smallest absolute Gasteiger partial charge is 0.433 e. The molecule has 12 nitrogen and oxygen atoms in total. The topological polar surface area (TPSA) is 162 Å². The van der Waals surface area contributed by atoms with Crippen LogP contribution in [0.15, 0.2) is 46.1 Å². The minimum Gasteiger partial charge on any atom is -0.461 e. The summed E-state index contributed by atoms with van der Waals surface area (Å²) in [5, 5.41) is 11.5. The van der Waals surface area contributed by atoms with Gasteiger partial charge in [-0.3, -0.25) is 19.7 Å². The highest BCUT2D eigenvalue weighted by atomic mass is 19.4. The highest BCUT2D eigenvalue weighted by Crippen LogP contribution is 2.38. The van der Waals surface area contributed by atoms with Gasteiger partial charge >= 0.3 is 17.6 Å². The summed E-state index contributed by atoms with van der Waals surface area (Å²) in [7, 11) is 0. The summed E-state index contributed by atoms with van der Waals surface area (Å²) in [6, 6.07) is 3.39. The van der Waals surface area contributed by atoms with Gasteiger partial charge in [-0.15, -0.1) is 0 Å². The molecule has 0 unspecified atom stereocenters. The van der Waals surface area contributed by atoms with Gasteiger partial charge < -0.3 is 15.3 Å². The van der Waals surface area contributed by atoms with Crippen molar-refractivity contribution in [1.29, 1.82) is 0 Å². The number of ketones is 1. The zero-order valence-corrected chi connectivity index (χ0v) is 19.2.